The summed E-state index contributed by atoms with van der Waals surface area (Å²) in [5, 5.41) is 4.62. The van der Waals surface area contributed by atoms with Gasteiger partial charge in [0.05, 0.1) is 30.9 Å². The Bertz CT molecular complexity index is 892. The summed E-state index contributed by atoms with van der Waals surface area (Å²) in [6.45, 7) is 5.56. The Kier molecular flexibility index (Phi) is 4.17. The zero-order chi connectivity index (χ0) is 19.2. The molecule has 0 radical (unpaired) electrons. The molecule has 0 aliphatic carbocycles. The maximum Gasteiger partial charge on any atom is 0.410 e. The van der Waals surface area contributed by atoms with E-state index in [4.69, 9.17) is 4.74 Å². The Labute approximate surface area is 158 Å². The Morgan fingerprint density at radius 3 is 2.63 bits per heavy atom. The topological polar surface area (TPSA) is 67.7 Å². The van der Waals surface area contributed by atoms with Crippen molar-refractivity contribution in [1.29, 1.82) is 0 Å². The molecule has 3 heterocycles. The molecule has 1 spiro atoms. The number of carbonyl (C=O) groups is 2. The van der Waals surface area contributed by atoms with Gasteiger partial charge in [0.15, 0.2) is 5.60 Å². The molecule has 0 saturated carbocycles. The third kappa shape index (κ3) is 3.07. The normalized spacial score (nSPS) is 22.0. The monoisotopic (exact) mass is 368 g/mol. The molecule has 7 nitrogen and oxygen atoms in total. The summed E-state index contributed by atoms with van der Waals surface area (Å²) in [6, 6.07) is 9.91. The van der Waals surface area contributed by atoms with Crippen molar-refractivity contribution in [2.75, 3.05) is 26.7 Å². The molecule has 7 heteroatoms. The fourth-order valence-electron chi connectivity index (χ4n) is 4.08. The molecule has 2 amide bonds. The third-order valence-corrected chi connectivity index (χ3v) is 5.58. The molecular weight excluding hydrogens is 344 g/mol. The highest BCUT2D eigenvalue weighted by molar-refractivity contribution is 5.80. The van der Waals surface area contributed by atoms with Crippen LogP contribution in [0.3, 0.4) is 0 Å². The van der Waals surface area contributed by atoms with Crippen LogP contribution < -0.4 is 0 Å². The van der Waals surface area contributed by atoms with Crippen LogP contribution in [0, 0.1) is 13.8 Å². The number of aromatic nitrogens is 2. The van der Waals surface area contributed by atoms with Crippen LogP contribution in [-0.2, 0) is 16.0 Å². The van der Waals surface area contributed by atoms with Crippen LogP contribution in [0.1, 0.15) is 23.4 Å². The van der Waals surface area contributed by atoms with Gasteiger partial charge >= 0.3 is 6.09 Å². The second kappa shape index (κ2) is 6.40. The lowest BCUT2D eigenvalue weighted by Crippen LogP contribution is -2.39. The SMILES string of the molecule is Cc1nn(-c2ccccc2)c(C)c1CC(=O)N1CC[C@]2(CN(C)C(=O)O2)C1. The van der Waals surface area contributed by atoms with Crippen molar-refractivity contribution < 1.29 is 14.3 Å². The third-order valence-electron chi connectivity index (χ3n) is 5.58. The van der Waals surface area contributed by atoms with Gasteiger partial charge in [-0.1, -0.05) is 18.2 Å². The van der Waals surface area contributed by atoms with E-state index in [1.807, 2.05) is 53.8 Å². The van der Waals surface area contributed by atoms with Gasteiger partial charge in [-0.3, -0.25) is 4.79 Å². The molecule has 2 fully saturated rings. The maximum atomic E-state index is 12.9. The Hall–Kier alpha value is -2.83. The number of carbonyl (C=O) groups excluding carboxylic acids is 2. The van der Waals surface area contributed by atoms with Crippen LogP contribution >= 0.6 is 0 Å². The van der Waals surface area contributed by atoms with Gasteiger partial charge in [-0.2, -0.15) is 5.10 Å². The summed E-state index contributed by atoms with van der Waals surface area (Å²) in [7, 11) is 1.73. The van der Waals surface area contributed by atoms with E-state index < -0.39 is 5.60 Å². The average molecular weight is 368 g/mol. The first-order valence-electron chi connectivity index (χ1n) is 9.21. The molecule has 0 bridgehead atoms. The standard InChI is InChI=1S/C20H24N4O3/c1-14-17(15(2)24(21-14)16-7-5-4-6-8-16)11-18(25)23-10-9-20(13-23)12-22(3)19(26)27-20/h4-8H,9-13H2,1-3H3/t20-/m0/s1. The summed E-state index contributed by atoms with van der Waals surface area (Å²) in [6.07, 6.45) is 0.695. The first-order valence-corrected chi connectivity index (χ1v) is 9.21. The highest BCUT2D eigenvalue weighted by atomic mass is 16.6. The number of hydrogen-bond acceptors (Lipinski definition) is 4. The van der Waals surface area contributed by atoms with Gasteiger partial charge in [0, 0.05) is 31.3 Å². The van der Waals surface area contributed by atoms with Gasteiger partial charge in [0.2, 0.25) is 5.91 Å². The minimum absolute atomic E-state index is 0.0521. The van der Waals surface area contributed by atoms with Crippen LogP contribution in [0.25, 0.3) is 5.69 Å². The van der Waals surface area contributed by atoms with Crippen LogP contribution in [0.4, 0.5) is 4.79 Å². The van der Waals surface area contributed by atoms with Crippen LogP contribution in [0.5, 0.6) is 0 Å². The van der Waals surface area contributed by atoms with Crippen molar-refractivity contribution in [2.24, 2.45) is 0 Å². The molecule has 2 aliphatic rings. The van der Waals surface area contributed by atoms with Crippen molar-refractivity contribution in [2.45, 2.75) is 32.3 Å². The molecule has 2 aliphatic heterocycles. The number of para-hydroxylation sites is 1. The Balaban J connectivity index is 1.50. The molecule has 2 saturated heterocycles. The number of ether oxygens (including phenoxy) is 1. The highest BCUT2D eigenvalue weighted by Crippen LogP contribution is 2.32. The fourth-order valence-corrected chi connectivity index (χ4v) is 4.08. The summed E-state index contributed by atoms with van der Waals surface area (Å²) >= 11 is 0. The lowest BCUT2D eigenvalue weighted by molar-refractivity contribution is -0.130. The quantitative estimate of drug-likeness (QED) is 0.832. The smallest absolute Gasteiger partial charge is 0.410 e. The average Bonchev–Trinajstić information content (AvgIpc) is 3.27. The minimum Gasteiger partial charge on any atom is -0.439 e. The Morgan fingerprint density at radius 1 is 1.22 bits per heavy atom. The largest absolute Gasteiger partial charge is 0.439 e. The zero-order valence-electron chi connectivity index (χ0n) is 15.9. The number of benzene rings is 1. The molecule has 2 aromatic rings. The lowest BCUT2D eigenvalue weighted by Gasteiger charge is -2.21. The first kappa shape index (κ1) is 17.6. The number of nitrogens with zero attached hydrogens (tertiary/aromatic N) is 4. The zero-order valence-corrected chi connectivity index (χ0v) is 15.9. The van der Waals surface area contributed by atoms with E-state index in [1.54, 1.807) is 11.9 Å². The van der Waals surface area contributed by atoms with Crippen LogP contribution in [-0.4, -0.2) is 63.9 Å². The van der Waals surface area contributed by atoms with Gasteiger partial charge in [-0.25, -0.2) is 9.48 Å². The lowest BCUT2D eigenvalue weighted by atomic mass is 10.0. The predicted octanol–water partition coefficient (Wildman–Crippen LogP) is 2.08. The number of rotatable bonds is 3. The van der Waals surface area contributed by atoms with Crippen molar-refractivity contribution in [3.05, 3.63) is 47.3 Å². The molecule has 142 valence electrons. The second-order valence-electron chi connectivity index (χ2n) is 7.55. The van der Waals surface area contributed by atoms with Gasteiger partial charge in [-0.05, 0) is 26.0 Å². The van der Waals surface area contributed by atoms with E-state index in [9.17, 15) is 9.59 Å². The Morgan fingerprint density at radius 2 is 1.96 bits per heavy atom. The van der Waals surface area contributed by atoms with E-state index in [-0.39, 0.29) is 12.0 Å². The summed E-state index contributed by atoms with van der Waals surface area (Å²) in [5.74, 6) is 0.0521. The number of aryl methyl sites for hydroxylation is 1. The molecule has 1 aromatic heterocycles. The number of likely N-dealkylation sites (N-methyl/N-ethyl adjacent to an activating group) is 1. The fraction of sp³-hybridized carbons (Fsp3) is 0.450. The van der Waals surface area contributed by atoms with E-state index in [0.29, 0.717) is 32.5 Å². The summed E-state index contributed by atoms with van der Waals surface area (Å²) in [4.78, 5) is 28.0. The molecule has 0 unspecified atom stereocenters. The molecule has 27 heavy (non-hydrogen) atoms. The predicted molar refractivity (Wildman–Crippen MR) is 99.8 cm³/mol. The first-order chi connectivity index (χ1) is 12.9. The summed E-state index contributed by atoms with van der Waals surface area (Å²) < 4.78 is 7.42. The van der Waals surface area contributed by atoms with Crippen LogP contribution in [0.15, 0.2) is 30.3 Å². The van der Waals surface area contributed by atoms with Crippen molar-refractivity contribution in [3.8, 4) is 5.69 Å². The van der Waals surface area contributed by atoms with Gasteiger partial charge < -0.3 is 14.5 Å². The molecule has 0 N–H and O–H groups in total. The molecule has 4 rings (SSSR count). The maximum absolute atomic E-state index is 12.9. The van der Waals surface area contributed by atoms with Crippen LogP contribution in [0.2, 0.25) is 0 Å². The molecule has 1 aromatic carbocycles. The van der Waals surface area contributed by atoms with E-state index in [1.165, 1.54) is 0 Å². The van der Waals surface area contributed by atoms with E-state index in [2.05, 4.69) is 5.10 Å². The minimum atomic E-state index is -0.542. The van der Waals surface area contributed by atoms with Crippen molar-refractivity contribution >= 4 is 12.0 Å². The summed E-state index contributed by atoms with van der Waals surface area (Å²) in [5.41, 5.74) is 3.25. The van der Waals surface area contributed by atoms with Gasteiger partial charge in [0.25, 0.3) is 0 Å². The van der Waals surface area contributed by atoms with Crippen molar-refractivity contribution in [1.82, 2.24) is 19.6 Å². The van der Waals surface area contributed by atoms with Gasteiger partial charge in [-0.15, -0.1) is 0 Å². The highest BCUT2D eigenvalue weighted by Gasteiger charge is 2.49. The number of hydrogen-bond donors (Lipinski definition) is 0. The van der Waals surface area contributed by atoms with E-state index >= 15 is 0 Å². The number of likely N-dealkylation sites (tertiary alicyclic amines) is 1. The molecule has 1 atom stereocenters. The van der Waals surface area contributed by atoms with E-state index in [0.717, 1.165) is 22.6 Å². The number of amides is 2. The van der Waals surface area contributed by atoms with Crippen molar-refractivity contribution in [3.63, 3.8) is 0 Å². The second-order valence-corrected chi connectivity index (χ2v) is 7.55. The van der Waals surface area contributed by atoms with Gasteiger partial charge in [0.1, 0.15) is 0 Å². The molecular formula is C20H24N4O3.